The van der Waals surface area contributed by atoms with E-state index in [4.69, 9.17) is 0 Å². The molecule has 0 aliphatic rings. The molecule has 0 radical (unpaired) electrons. The SMILES string of the molecule is CN(C)C(=O)c1csc(C(C)(C)C)c1. The van der Waals surface area contributed by atoms with Gasteiger partial charge in [-0.1, -0.05) is 20.8 Å². The minimum Gasteiger partial charge on any atom is -0.345 e. The molecule has 2 nitrogen and oxygen atoms in total. The zero-order valence-corrected chi connectivity index (χ0v) is 10.2. The van der Waals surface area contributed by atoms with Crippen LogP contribution < -0.4 is 0 Å². The molecular weight excluding hydrogens is 194 g/mol. The Morgan fingerprint density at radius 2 is 1.93 bits per heavy atom. The summed E-state index contributed by atoms with van der Waals surface area (Å²) < 4.78 is 0. The topological polar surface area (TPSA) is 20.3 Å². The van der Waals surface area contributed by atoms with Crippen molar-refractivity contribution in [2.75, 3.05) is 14.1 Å². The van der Waals surface area contributed by atoms with Gasteiger partial charge >= 0.3 is 0 Å². The van der Waals surface area contributed by atoms with Crippen LogP contribution >= 0.6 is 11.3 Å². The molecule has 0 spiro atoms. The van der Waals surface area contributed by atoms with Crippen LogP contribution in [-0.2, 0) is 5.41 Å². The van der Waals surface area contributed by atoms with E-state index in [9.17, 15) is 4.79 Å². The van der Waals surface area contributed by atoms with Gasteiger partial charge in [0.25, 0.3) is 5.91 Å². The number of amides is 1. The fraction of sp³-hybridized carbons (Fsp3) is 0.545. The highest BCUT2D eigenvalue weighted by Crippen LogP contribution is 2.28. The van der Waals surface area contributed by atoms with E-state index in [0.717, 1.165) is 5.56 Å². The van der Waals surface area contributed by atoms with Crippen LogP contribution in [0.2, 0.25) is 0 Å². The first-order valence-electron chi connectivity index (χ1n) is 4.63. The lowest BCUT2D eigenvalue weighted by molar-refractivity contribution is 0.0828. The smallest absolute Gasteiger partial charge is 0.254 e. The molecule has 0 saturated carbocycles. The van der Waals surface area contributed by atoms with E-state index in [1.807, 2.05) is 11.4 Å². The standard InChI is InChI=1S/C11H17NOS/c1-11(2,3)9-6-8(7-14-9)10(13)12(4)5/h6-7H,1-5H3. The van der Waals surface area contributed by atoms with E-state index >= 15 is 0 Å². The van der Waals surface area contributed by atoms with E-state index < -0.39 is 0 Å². The Balaban J connectivity index is 2.95. The average molecular weight is 211 g/mol. The van der Waals surface area contributed by atoms with Gasteiger partial charge in [-0.05, 0) is 11.5 Å². The van der Waals surface area contributed by atoms with Crippen molar-refractivity contribution in [1.29, 1.82) is 0 Å². The number of hydrogen-bond acceptors (Lipinski definition) is 2. The normalized spacial score (nSPS) is 11.5. The minimum atomic E-state index is 0.0803. The van der Waals surface area contributed by atoms with Crippen molar-refractivity contribution in [3.05, 3.63) is 21.9 Å². The van der Waals surface area contributed by atoms with Crippen LogP contribution in [0.4, 0.5) is 0 Å². The molecular formula is C11H17NOS. The van der Waals surface area contributed by atoms with Crippen LogP contribution in [-0.4, -0.2) is 24.9 Å². The van der Waals surface area contributed by atoms with Crippen LogP contribution in [0.3, 0.4) is 0 Å². The highest BCUT2D eigenvalue weighted by molar-refractivity contribution is 7.10. The van der Waals surface area contributed by atoms with Crippen molar-refractivity contribution in [3.8, 4) is 0 Å². The molecule has 0 aliphatic heterocycles. The van der Waals surface area contributed by atoms with Gasteiger partial charge in [0.2, 0.25) is 0 Å². The third kappa shape index (κ3) is 2.35. The molecule has 3 heteroatoms. The van der Waals surface area contributed by atoms with Crippen molar-refractivity contribution in [3.63, 3.8) is 0 Å². The summed E-state index contributed by atoms with van der Waals surface area (Å²) >= 11 is 1.65. The van der Waals surface area contributed by atoms with E-state index in [1.54, 1.807) is 30.3 Å². The van der Waals surface area contributed by atoms with E-state index in [-0.39, 0.29) is 11.3 Å². The third-order valence-electron chi connectivity index (χ3n) is 1.99. The molecule has 1 amide bonds. The molecule has 1 rings (SSSR count). The molecule has 0 fully saturated rings. The average Bonchev–Trinajstić information content (AvgIpc) is 2.49. The molecule has 0 aliphatic carbocycles. The Morgan fingerprint density at radius 3 is 2.29 bits per heavy atom. The Labute approximate surface area is 89.5 Å². The molecule has 1 aromatic heterocycles. The number of carbonyl (C=O) groups is 1. The second kappa shape index (κ2) is 3.73. The summed E-state index contributed by atoms with van der Waals surface area (Å²) in [6.45, 7) is 6.47. The molecule has 0 aromatic carbocycles. The van der Waals surface area contributed by atoms with Crippen molar-refractivity contribution in [2.45, 2.75) is 26.2 Å². The fourth-order valence-corrected chi connectivity index (χ4v) is 2.07. The first kappa shape index (κ1) is 11.2. The molecule has 0 bridgehead atoms. The monoisotopic (exact) mass is 211 g/mol. The Bertz CT molecular complexity index is 333. The Kier molecular flexibility index (Phi) is 3.00. The van der Waals surface area contributed by atoms with E-state index in [0.29, 0.717) is 0 Å². The first-order chi connectivity index (χ1) is 6.32. The maximum atomic E-state index is 11.6. The van der Waals surface area contributed by atoms with Crippen LogP contribution in [0, 0.1) is 0 Å². The van der Waals surface area contributed by atoms with E-state index in [2.05, 4.69) is 20.8 Å². The van der Waals surface area contributed by atoms with Gasteiger partial charge in [-0.15, -0.1) is 11.3 Å². The molecule has 0 atom stereocenters. The van der Waals surface area contributed by atoms with Gasteiger partial charge in [0, 0.05) is 24.4 Å². The van der Waals surface area contributed by atoms with E-state index in [1.165, 1.54) is 4.88 Å². The molecule has 1 heterocycles. The van der Waals surface area contributed by atoms with Gasteiger partial charge in [0.1, 0.15) is 0 Å². The molecule has 78 valence electrons. The molecule has 0 N–H and O–H groups in total. The van der Waals surface area contributed by atoms with Crippen LogP contribution in [0.25, 0.3) is 0 Å². The van der Waals surface area contributed by atoms with Gasteiger partial charge in [-0.25, -0.2) is 0 Å². The number of hydrogen-bond donors (Lipinski definition) is 0. The largest absolute Gasteiger partial charge is 0.345 e. The summed E-state index contributed by atoms with van der Waals surface area (Å²) in [5.41, 5.74) is 0.931. The van der Waals surface area contributed by atoms with Crippen LogP contribution in [0.1, 0.15) is 36.0 Å². The van der Waals surface area contributed by atoms with Crippen molar-refractivity contribution >= 4 is 17.2 Å². The predicted octanol–water partition coefficient (Wildman–Crippen LogP) is 2.75. The quantitative estimate of drug-likeness (QED) is 0.699. The lowest BCUT2D eigenvalue weighted by atomic mass is 9.94. The minimum absolute atomic E-state index is 0.0803. The van der Waals surface area contributed by atoms with Crippen LogP contribution in [0.15, 0.2) is 11.4 Å². The summed E-state index contributed by atoms with van der Waals surface area (Å²) in [6.07, 6.45) is 0. The second-order valence-electron chi connectivity index (χ2n) is 4.65. The van der Waals surface area contributed by atoms with Crippen molar-refractivity contribution in [1.82, 2.24) is 4.90 Å². The maximum Gasteiger partial charge on any atom is 0.254 e. The summed E-state index contributed by atoms with van der Waals surface area (Å²) in [4.78, 5) is 14.5. The van der Waals surface area contributed by atoms with Gasteiger partial charge < -0.3 is 4.90 Å². The Hall–Kier alpha value is -0.830. The third-order valence-corrected chi connectivity index (χ3v) is 3.35. The zero-order valence-electron chi connectivity index (χ0n) is 9.42. The summed E-state index contributed by atoms with van der Waals surface area (Å²) in [7, 11) is 3.55. The number of carbonyl (C=O) groups excluding carboxylic acids is 1. The first-order valence-corrected chi connectivity index (χ1v) is 5.51. The fourth-order valence-electron chi connectivity index (χ4n) is 1.10. The van der Waals surface area contributed by atoms with Crippen LogP contribution in [0.5, 0.6) is 0 Å². The molecule has 14 heavy (non-hydrogen) atoms. The molecule has 0 unspecified atom stereocenters. The number of thiophene rings is 1. The zero-order chi connectivity index (χ0) is 10.9. The second-order valence-corrected chi connectivity index (χ2v) is 5.56. The van der Waals surface area contributed by atoms with Gasteiger partial charge in [-0.3, -0.25) is 4.79 Å². The summed E-state index contributed by atoms with van der Waals surface area (Å²) in [6, 6.07) is 1.99. The van der Waals surface area contributed by atoms with Gasteiger partial charge in [0.05, 0.1) is 5.56 Å². The van der Waals surface area contributed by atoms with Crippen molar-refractivity contribution in [2.24, 2.45) is 0 Å². The lowest BCUT2D eigenvalue weighted by Crippen LogP contribution is -2.21. The lowest BCUT2D eigenvalue weighted by Gasteiger charge is -2.15. The summed E-state index contributed by atoms with van der Waals surface area (Å²) in [5.74, 6) is 0.0803. The number of rotatable bonds is 1. The maximum absolute atomic E-state index is 11.6. The Morgan fingerprint density at radius 1 is 1.36 bits per heavy atom. The molecule has 1 aromatic rings. The van der Waals surface area contributed by atoms with Gasteiger partial charge in [-0.2, -0.15) is 0 Å². The number of nitrogens with zero attached hydrogens (tertiary/aromatic N) is 1. The van der Waals surface area contributed by atoms with Gasteiger partial charge in [0.15, 0.2) is 0 Å². The predicted molar refractivity (Wildman–Crippen MR) is 61.0 cm³/mol. The van der Waals surface area contributed by atoms with Crippen molar-refractivity contribution < 1.29 is 4.79 Å². The summed E-state index contributed by atoms with van der Waals surface area (Å²) in [5, 5.41) is 1.93. The highest BCUT2D eigenvalue weighted by Gasteiger charge is 2.18. The highest BCUT2D eigenvalue weighted by atomic mass is 32.1. The molecule has 0 saturated heterocycles.